The third-order valence-corrected chi connectivity index (χ3v) is 6.29. The summed E-state index contributed by atoms with van der Waals surface area (Å²) in [6, 6.07) is 10.1. The highest BCUT2D eigenvalue weighted by Gasteiger charge is 2.26. The lowest BCUT2D eigenvalue weighted by Crippen LogP contribution is -2.41. The number of carbonyl (C=O) groups is 2. The second-order valence-corrected chi connectivity index (χ2v) is 8.65. The number of fused-ring (bicyclic) bond motifs is 1. The molecule has 2 N–H and O–H groups in total. The molecule has 3 aromatic rings. The summed E-state index contributed by atoms with van der Waals surface area (Å²) >= 11 is 0. The number of benzene rings is 1. The van der Waals surface area contributed by atoms with Crippen molar-refractivity contribution >= 4 is 34.5 Å². The van der Waals surface area contributed by atoms with Crippen molar-refractivity contribution in [3.05, 3.63) is 53.9 Å². The molecule has 1 saturated heterocycles. The Hall–Kier alpha value is -3.75. The molecule has 0 spiro atoms. The van der Waals surface area contributed by atoms with Gasteiger partial charge in [0.25, 0.3) is 0 Å². The minimum absolute atomic E-state index is 0.00692. The van der Waals surface area contributed by atoms with Crippen molar-refractivity contribution in [2.24, 2.45) is 5.92 Å². The van der Waals surface area contributed by atoms with E-state index in [1.165, 1.54) is 11.1 Å². The van der Waals surface area contributed by atoms with Gasteiger partial charge in [-0.05, 0) is 43.9 Å². The number of carbonyl (C=O) groups excluding carboxylic acids is 2. The Morgan fingerprint density at radius 3 is 2.71 bits per heavy atom. The van der Waals surface area contributed by atoms with E-state index in [-0.39, 0.29) is 24.2 Å². The molecule has 3 heterocycles. The summed E-state index contributed by atoms with van der Waals surface area (Å²) in [5, 5.41) is 7.07. The summed E-state index contributed by atoms with van der Waals surface area (Å²) < 4.78 is 4.90. The van der Waals surface area contributed by atoms with E-state index in [0.29, 0.717) is 25.6 Å². The van der Waals surface area contributed by atoms with Crippen LogP contribution in [0.5, 0.6) is 0 Å². The number of rotatable bonds is 9. The van der Waals surface area contributed by atoms with Gasteiger partial charge in [0.2, 0.25) is 11.9 Å². The van der Waals surface area contributed by atoms with Crippen LogP contribution in [0.15, 0.2) is 42.7 Å². The molecule has 9 heteroatoms. The van der Waals surface area contributed by atoms with Crippen LogP contribution in [0.3, 0.4) is 0 Å². The molecule has 1 aliphatic heterocycles. The number of pyridine rings is 1. The van der Waals surface area contributed by atoms with Crippen LogP contribution in [0.2, 0.25) is 0 Å². The van der Waals surface area contributed by atoms with Gasteiger partial charge in [0.05, 0.1) is 23.9 Å². The van der Waals surface area contributed by atoms with Gasteiger partial charge in [0.1, 0.15) is 5.82 Å². The molecule has 0 aliphatic carbocycles. The van der Waals surface area contributed by atoms with Gasteiger partial charge in [-0.25, -0.2) is 15.0 Å². The maximum Gasteiger partial charge on any atom is 0.307 e. The Balaban J connectivity index is 1.34. The van der Waals surface area contributed by atoms with Crippen LogP contribution in [0.25, 0.3) is 10.9 Å². The Morgan fingerprint density at radius 2 is 1.94 bits per heavy atom. The Labute approximate surface area is 205 Å². The van der Waals surface area contributed by atoms with Gasteiger partial charge in [0.15, 0.2) is 0 Å². The highest BCUT2D eigenvalue weighted by molar-refractivity contribution is 5.89. The number of aromatic nitrogens is 3. The lowest BCUT2D eigenvalue weighted by molar-refractivity contribution is -0.143. The van der Waals surface area contributed by atoms with Crippen LogP contribution in [0, 0.1) is 12.8 Å². The largest absolute Gasteiger partial charge is 0.466 e. The zero-order valence-electron chi connectivity index (χ0n) is 20.3. The fraction of sp³-hybridized carbons (Fsp3) is 0.423. The smallest absolute Gasteiger partial charge is 0.307 e. The first kappa shape index (κ1) is 24.4. The molecule has 35 heavy (non-hydrogen) atoms. The summed E-state index contributed by atoms with van der Waals surface area (Å²) in [5.74, 6) is 1.05. The molecule has 0 saturated carbocycles. The van der Waals surface area contributed by atoms with E-state index in [1.54, 1.807) is 13.1 Å². The molecule has 0 unspecified atom stereocenters. The molecule has 0 bridgehead atoms. The zero-order valence-corrected chi connectivity index (χ0v) is 20.3. The Morgan fingerprint density at radius 1 is 1.14 bits per heavy atom. The maximum atomic E-state index is 12.5. The number of nitrogens with one attached hydrogen (secondary N) is 2. The molecular formula is C26H32N6O3. The molecule has 1 aliphatic rings. The molecule has 184 valence electrons. The van der Waals surface area contributed by atoms with Crippen molar-refractivity contribution in [1.29, 1.82) is 0 Å². The van der Waals surface area contributed by atoms with E-state index in [2.05, 4.69) is 49.5 Å². The molecule has 4 rings (SSSR count). The van der Waals surface area contributed by atoms with Gasteiger partial charge >= 0.3 is 5.97 Å². The standard InChI is InChI=1S/C26H32N6O3/c1-3-35-23(33)9-13-28-25(34)19-10-14-32(15-11-19)24-21-17-30-26(31-22(21)8-12-27-24)29-16-20-7-5-4-6-18(20)2/h4-8,12,17,19H,3,9-11,13-16H2,1-2H3,(H,28,34)(H,29,30,31). The van der Waals surface area contributed by atoms with E-state index in [9.17, 15) is 9.59 Å². The van der Waals surface area contributed by atoms with Crippen LogP contribution >= 0.6 is 0 Å². The van der Waals surface area contributed by atoms with Crippen LogP contribution in [-0.2, 0) is 20.9 Å². The fourth-order valence-corrected chi connectivity index (χ4v) is 4.28. The average Bonchev–Trinajstić information content (AvgIpc) is 2.88. The normalized spacial score (nSPS) is 14.1. The second-order valence-electron chi connectivity index (χ2n) is 8.65. The predicted molar refractivity (Wildman–Crippen MR) is 135 cm³/mol. The van der Waals surface area contributed by atoms with Crippen molar-refractivity contribution in [1.82, 2.24) is 20.3 Å². The Kier molecular flexibility index (Phi) is 8.07. The van der Waals surface area contributed by atoms with E-state index in [4.69, 9.17) is 4.74 Å². The van der Waals surface area contributed by atoms with E-state index < -0.39 is 0 Å². The highest BCUT2D eigenvalue weighted by Crippen LogP contribution is 2.28. The molecule has 0 radical (unpaired) electrons. The predicted octanol–water partition coefficient (Wildman–Crippen LogP) is 3.23. The molecule has 0 atom stereocenters. The topological polar surface area (TPSA) is 109 Å². The monoisotopic (exact) mass is 476 g/mol. The third-order valence-electron chi connectivity index (χ3n) is 6.29. The molecule has 2 aromatic heterocycles. The maximum absolute atomic E-state index is 12.5. The lowest BCUT2D eigenvalue weighted by Gasteiger charge is -2.32. The minimum Gasteiger partial charge on any atom is -0.466 e. The average molecular weight is 477 g/mol. The van der Waals surface area contributed by atoms with Gasteiger partial charge in [-0.15, -0.1) is 0 Å². The van der Waals surface area contributed by atoms with E-state index in [1.807, 2.05) is 24.4 Å². The van der Waals surface area contributed by atoms with Crippen molar-refractivity contribution in [3.63, 3.8) is 0 Å². The summed E-state index contributed by atoms with van der Waals surface area (Å²) in [5.41, 5.74) is 3.26. The van der Waals surface area contributed by atoms with Crippen molar-refractivity contribution in [3.8, 4) is 0 Å². The van der Waals surface area contributed by atoms with Gasteiger partial charge in [0, 0.05) is 44.5 Å². The quantitative estimate of drug-likeness (QED) is 0.453. The van der Waals surface area contributed by atoms with E-state index >= 15 is 0 Å². The minimum atomic E-state index is -0.291. The number of hydrogen-bond acceptors (Lipinski definition) is 8. The molecular weight excluding hydrogens is 444 g/mol. The number of anilines is 2. The van der Waals surface area contributed by atoms with Gasteiger partial charge in [-0.2, -0.15) is 0 Å². The first-order chi connectivity index (χ1) is 17.0. The number of amides is 1. The van der Waals surface area contributed by atoms with Crippen LogP contribution in [-0.4, -0.2) is 53.1 Å². The SMILES string of the molecule is CCOC(=O)CCNC(=O)C1CCN(c2nccc3nc(NCc4ccccc4C)ncc23)CC1. The molecule has 1 aromatic carbocycles. The number of hydrogen-bond donors (Lipinski definition) is 2. The second kappa shape index (κ2) is 11.6. The van der Waals surface area contributed by atoms with Crippen LogP contribution in [0.4, 0.5) is 11.8 Å². The Bertz CT molecular complexity index is 1180. The van der Waals surface area contributed by atoms with Gasteiger partial charge in [-0.3, -0.25) is 9.59 Å². The molecule has 1 fully saturated rings. The highest BCUT2D eigenvalue weighted by atomic mass is 16.5. The van der Waals surface area contributed by atoms with Crippen molar-refractivity contribution in [2.75, 3.05) is 36.5 Å². The fourth-order valence-electron chi connectivity index (χ4n) is 4.28. The summed E-state index contributed by atoms with van der Waals surface area (Å²) in [7, 11) is 0. The molecule has 1 amide bonds. The first-order valence-corrected chi connectivity index (χ1v) is 12.1. The lowest BCUT2D eigenvalue weighted by atomic mass is 9.95. The van der Waals surface area contributed by atoms with Crippen molar-refractivity contribution < 1.29 is 14.3 Å². The first-order valence-electron chi connectivity index (χ1n) is 12.1. The third kappa shape index (κ3) is 6.23. The van der Waals surface area contributed by atoms with Gasteiger partial charge < -0.3 is 20.3 Å². The van der Waals surface area contributed by atoms with Crippen LogP contribution < -0.4 is 15.5 Å². The van der Waals surface area contributed by atoms with E-state index in [0.717, 1.165) is 42.7 Å². The van der Waals surface area contributed by atoms with Gasteiger partial charge in [-0.1, -0.05) is 24.3 Å². The van der Waals surface area contributed by atoms with Crippen LogP contribution in [0.1, 0.15) is 37.3 Å². The molecule has 9 nitrogen and oxygen atoms in total. The summed E-state index contributed by atoms with van der Waals surface area (Å²) in [6.45, 7) is 6.61. The number of piperidine rings is 1. The number of ether oxygens (including phenoxy) is 1. The van der Waals surface area contributed by atoms with Crippen molar-refractivity contribution in [2.45, 2.75) is 39.7 Å². The zero-order chi connectivity index (χ0) is 24.6. The number of aryl methyl sites for hydroxylation is 1. The number of esters is 1. The summed E-state index contributed by atoms with van der Waals surface area (Å²) in [4.78, 5) is 39.9. The number of nitrogens with zero attached hydrogens (tertiary/aromatic N) is 4. The summed E-state index contributed by atoms with van der Waals surface area (Å²) in [6.07, 6.45) is 5.23.